The number of fused-ring (bicyclic) bond motifs is 1. The van der Waals surface area contributed by atoms with E-state index in [-0.39, 0.29) is 10.6 Å². The summed E-state index contributed by atoms with van der Waals surface area (Å²) in [4.78, 5) is 17.5. The fourth-order valence-electron chi connectivity index (χ4n) is 1.20. The molecular formula is C8H5ClN2O2. The first-order valence-corrected chi connectivity index (χ1v) is 3.93. The lowest BCUT2D eigenvalue weighted by atomic mass is 10.2. The first kappa shape index (κ1) is 8.07. The van der Waals surface area contributed by atoms with Gasteiger partial charge in [-0.15, -0.1) is 0 Å². The largest absolute Gasteiger partial charge is 0.478 e. The number of hydrogen-bond donors (Lipinski definition) is 2. The number of aromatic amines is 1. The number of carbonyl (C=O) groups is 1. The number of hydrogen-bond acceptors (Lipinski definition) is 2. The van der Waals surface area contributed by atoms with Gasteiger partial charge in [-0.2, -0.15) is 0 Å². The first-order chi connectivity index (χ1) is 6.20. The zero-order valence-electron chi connectivity index (χ0n) is 6.41. The smallest absolute Gasteiger partial charge is 0.338 e. The van der Waals surface area contributed by atoms with Crippen LogP contribution in [0.4, 0.5) is 0 Å². The maximum Gasteiger partial charge on any atom is 0.338 e. The van der Waals surface area contributed by atoms with Crippen molar-refractivity contribution in [1.29, 1.82) is 0 Å². The Morgan fingerprint density at radius 2 is 2.38 bits per heavy atom. The van der Waals surface area contributed by atoms with Gasteiger partial charge in [0, 0.05) is 17.8 Å². The van der Waals surface area contributed by atoms with Gasteiger partial charge in [0.1, 0.15) is 5.65 Å². The molecule has 13 heavy (non-hydrogen) atoms. The number of aromatic nitrogens is 2. The molecule has 4 nitrogen and oxygen atoms in total. The second-order valence-corrected chi connectivity index (χ2v) is 2.93. The summed E-state index contributed by atoms with van der Waals surface area (Å²) in [6.07, 6.45) is 2.95. The summed E-state index contributed by atoms with van der Waals surface area (Å²) in [5.41, 5.74) is 0.620. The topological polar surface area (TPSA) is 66.0 Å². The second kappa shape index (κ2) is 2.74. The lowest BCUT2D eigenvalue weighted by Gasteiger charge is -1.98. The van der Waals surface area contributed by atoms with Crippen LogP contribution in [0, 0.1) is 0 Å². The van der Waals surface area contributed by atoms with Gasteiger partial charge in [-0.3, -0.25) is 0 Å². The van der Waals surface area contributed by atoms with Gasteiger partial charge < -0.3 is 10.1 Å². The van der Waals surface area contributed by atoms with E-state index < -0.39 is 5.97 Å². The number of carboxylic acid groups (broad SMARTS) is 1. The summed E-state index contributed by atoms with van der Waals surface area (Å²) in [6.45, 7) is 0. The predicted octanol–water partition coefficient (Wildman–Crippen LogP) is 1.91. The molecule has 0 saturated heterocycles. The molecule has 2 N–H and O–H groups in total. The van der Waals surface area contributed by atoms with E-state index in [1.807, 2.05) is 0 Å². The number of rotatable bonds is 1. The third kappa shape index (κ3) is 1.15. The maximum absolute atomic E-state index is 10.8. The Morgan fingerprint density at radius 1 is 1.62 bits per heavy atom. The van der Waals surface area contributed by atoms with Crippen LogP contribution < -0.4 is 0 Å². The van der Waals surface area contributed by atoms with E-state index in [9.17, 15) is 4.79 Å². The van der Waals surface area contributed by atoms with Crippen LogP contribution in [0.1, 0.15) is 10.4 Å². The molecule has 0 unspecified atom stereocenters. The van der Waals surface area contributed by atoms with E-state index in [1.54, 1.807) is 12.3 Å². The molecular weight excluding hydrogens is 192 g/mol. The molecule has 0 fully saturated rings. The summed E-state index contributed by atoms with van der Waals surface area (Å²) < 4.78 is 0. The summed E-state index contributed by atoms with van der Waals surface area (Å²) in [7, 11) is 0. The fourth-order valence-corrected chi connectivity index (χ4v) is 1.43. The van der Waals surface area contributed by atoms with Crippen LogP contribution in [0.15, 0.2) is 18.5 Å². The minimum absolute atomic E-state index is 0.0907. The highest BCUT2D eigenvalue weighted by Gasteiger charge is 2.14. The molecule has 2 heterocycles. The fraction of sp³-hybridized carbons (Fsp3) is 0. The number of H-pyrrole nitrogens is 1. The van der Waals surface area contributed by atoms with Crippen LogP contribution in [0.2, 0.25) is 5.02 Å². The van der Waals surface area contributed by atoms with Crippen molar-refractivity contribution in [1.82, 2.24) is 9.97 Å². The van der Waals surface area contributed by atoms with Gasteiger partial charge in [0.2, 0.25) is 0 Å². The summed E-state index contributed by atoms with van der Waals surface area (Å²) >= 11 is 5.70. The highest BCUT2D eigenvalue weighted by molar-refractivity contribution is 6.34. The Labute approximate surface area is 78.2 Å². The highest BCUT2D eigenvalue weighted by Crippen LogP contribution is 2.23. The van der Waals surface area contributed by atoms with Crippen molar-refractivity contribution in [3.63, 3.8) is 0 Å². The average Bonchev–Trinajstić information content (AvgIpc) is 2.50. The van der Waals surface area contributed by atoms with Gasteiger partial charge in [-0.05, 0) is 6.07 Å². The SMILES string of the molecule is O=C(O)c1c(Cl)cnc2[nH]ccc12. The van der Waals surface area contributed by atoms with Crippen LogP contribution in [0.3, 0.4) is 0 Å². The van der Waals surface area contributed by atoms with Crippen molar-refractivity contribution in [2.45, 2.75) is 0 Å². The third-order valence-corrected chi connectivity index (χ3v) is 2.04. The number of halogens is 1. The highest BCUT2D eigenvalue weighted by atomic mass is 35.5. The molecule has 0 aliphatic rings. The number of nitrogens with zero attached hydrogens (tertiary/aromatic N) is 1. The summed E-state index contributed by atoms with van der Waals surface area (Å²) in [6, 6.07) is 1.64. The van der Waals surface area contributed by atoms with Gasteiger partial charge in [-0.1, -0.05) is 11.6 Å². The molecule has 2 aromatic rings. The number of aromatic carboxylic acids is 1. The van der Waals surface area contributed by atoms with Crippen LogP contribution in [-0.4, -0.2) is 21.0 Å². The van der Waals surface area contributed by atoms with Crippen molar-refractivity contribution in [2.75, 3.05) is 0 Å². The normalized spacial score (nSPS) is 10.5. The molecule has 0 bridgehead atoms. The predicted molar refractivity (Wildman–Crippen MR) is 48.1 cm³/mol. The Hall–Kier alpha value is -1.55. The van der Waals surface area contributed by atoms with Crippen molar-refractivity contribution < 1.29 is 9.90 Å². The lowest BCUT2D eigenvalue weighted by Crippen LogP contribution is -1.98. The Morgan fingerprint density at radius 3 is 3.08 bits per heavy atom. The van der Waals surface area contributed by atoms with Crippen molar-refractivity contribution in [3.8, 4) is 0 Å². The molecule has 0 amide bonds. The molecule has 2 aromatic heterocycles. The van der Waals surface area contributed by atoms with E-state index in [0.29, 0.717) is 11.0 Å². The number of carboxylic acids is 1. The molecule has 5 heteroatoms. The molecule has 0 aliphatic heterocycles. The van der Waals surface area contributed by atoms with Crippen LogP contribution in [0.5, 0.6) is 0 Å². The van der Waals surface area contributed by atoms with Crippen molar-refractivity contribution in [3.05, 3.63) is 29.0 Å². The van der Waals surface area contributed by atoms with E-state index in [4.69, 9.17) is 16.7 Å². The molecule has 0 atom stereocenters. The monoisotopic (exact) mass is 196 g/mol. The van der Waals surface area contributed by atoms with E-state index >= 15 is 0 Å². The van der Waals surface area contributed by atoms with Gasteiger partial charge >= 0.3 is 5.97 Å². The minimum Gasteiger partial charge on any atom is -0.478 e. The first-order valence-electron chi connectivity index (χ1n) is 3.55. The minimum atomic E-state index is -1.04. The zero-order valence-corrected chi connectivity index (χ0v) is 7.17. The van der Waals surface area contributed by atoms with Crippen molar-refractivity contribution in [2.24, 2.45) is 0 Å². The standard InChI is InChI=1S/C8H5ClN2O2/c9-5-3-11-7-4(1-2-10-7)6(5)8(12)13/h1-3H,(H,10,11)(H,12,13). The lowest BCUT2D eigenvalue weighted by molar-refractivity contribution is 0.0699. The van der Waals surface area contributed by atoms with Gasteiger partial charge in [0.15, 0.2) is 0 Å². The number of pyridine rings is 1. The Kier molecular flexibility index (Phi) is 1.70. The van der Waals surface area contributed by atoms with Crippen LogP contribution in [-0.2, 0) is 0 Å². The van der Waals surface area contributed by atoms with E-state index in [1.165, 1.54) is 6.20 Å². The molecule has 0 aliphatic carbocycles. The molecule has 0 spiro atoms. The van der Waals surface area contributed by atoms with E-state index in [2.05, 4.69) is 9.97 Å². The van der Waals surface area contributed by atoms with Crippen LogP contribution >= 0.6 is 11.6 Å². The molecule has 2 rings (SSSR count). The molecule has 66 valence electrons. The van der Waals surface area contributed by atoms with Gasteiger partial charge in [0.25, 0.3) is 0 Å². The molecule has 0 saturated carbocycles. The second-order valence-electron chi connectivity index (χ2n) is 2.53. The summed E-state index contributed by atoms with van der Waals surface area (Å²) in [5, 5.41) is 9.54. The molecule has 0 radical (unpaired) electrons. The Bertz CT molecular complexity index is 478. The van der Waals surface area contributed by atoms with Gasteiger partial charge in [0.05, 0.1) is 10.6 Å². The Balaban J connectivity index is 2.88. The zero-order chi connectivity index (χ0) is 9.42. The summed E-state index contributed by atoms with van der Waals surface area (Å²) in [5.74, 6) is -1.04. The quantitative estimate of drug-likeness (QED) is 0.732. The number of nitrogens with one attached hydrogen (secondary N) is 1. The average molecular weight is 197 g/mol. The van der Waals surface area contributed by atoms with Crippen molar-refractivity contribution >= 4 is 28.6 Å². The van der Waals surface area contributed by atoms with Gasteiger partial charge in [-0.25, -0.2) is 9.78 Å². The third-order valence-electron chi connectivity index (χ3n) is 1.75. The van der Waals surface area contributed by atoms with Crippen LogP contribution in [0.25, 0.3) is 11.0 Å². The maximum atomic E-state index is 10.8. The van der Waals surface area contributed by atoms with E-state index in [0.717, 1.165) is 0 Å². The molecule has 0 aromatic carbocycles.